The van der Waals surface area contributed by atoms with Crippen molar-refractivity contribution in [2.75, 3.05) is 19.1 Å². The summed E-state index contributed by atoms with van der Waals surface area (Å²) in [5.74, 6) is -0.401. The van der Waals surface area contributed by atoms with Gasteiger partial charge < -0.3 is 4.74 Å². The molecule has 0 N–H and O–H groups in total. The van der Waals surface area contributed by atoms with Crippen LogP contribution in [0.2, 0.25) is 0 Å². The van der Waals surface area contributed by atoms with Crippen molar-refractivity contribution in [3.05, 3.63) is 54.0 Å². The normalized spacial score (nSPS) is 17.5. The van der Waals surface area contributed by atoms with Crippen molar-refractivity contribution in [2.24, 2.45) is 0 Å². The molecule has 146 valence electrons. The highest BCUT2D eigenvalue weighted by molar-refractivity contribution is 7.98. The summed E-state index contributed by atoms with van der Waals surface area (Å²) in [4.78, 5) is 8.93. The first-order valence-corrected chi connectivity index (χ1v) is 10.3. The van der Waals surface area contributed by atoms with Crippen LogP contribution in [0, 0.1) is 0 Å². The molecular weight excluding hydrogens is 382 g/mol. The van der Waals surface area contributed by atoms with E-state index in [0.717, 1.165) is 29.2 Å². The predicted octanol–water partition coefficient (Wildman–Crippen LogP) is 4.37. The first kappa shape index (κ1) is 18.9. The summed E-state index contributed by atoms with van der Waals surface area (Å²) in [5, 5.41) is 4.63. The highest BCUT2D eigenvalue weighted by Crippen LogP contribution is 2.55. The van der Waals surface area contributed by atoms with Crippen molar-refractivity contribution < 1.29 is 13.5 Å². The molecule has 0 radical (unpaired) electrons. The third kappa shape index (κ3) is 3.73. The fourth-order valence-electron chi connectivity index (χ4n) is 3.08. The molecular formula is C20H20F2N4OS. The summed E-state index contributed by atoms with van der Waals surface area (Å²) in [6, 6.07) is 10.8. The number of nitrogens with zero attached hydrogens (tertiary/aromatic N) is 4. The molecule has 1 fully saturated rings. The number of alkyl halides is 2. The number of benzene rings is 1. The molecule has 1 unspecified atom stereocenters. The lowest BCUT2D eigenvalue weighted by Gasteiger charge is -2.07. The number of pyridine rings is 1. The topological polar surface area (TPSA) is 52.8 Å². The van der Waals surface area contributed by atoms with Gasteiger partial charge in [0, 0.05) is 30.2 Å². The maximum Gasteiger partial charge on any atom is 0.255 e. The van der Waals surface area contributed by atoms with Gasteiger partial charge in [-0.15, -0.1) is 0 Å². The van der Waals surface area contributed by atoms with Gasteiger partial charge in [-0.3, -0.25) is 0 Å². The van der Waals surface area contributed by atoms with Gasteiger partial charge in [-0.05, 0) is 17.9 Å². The van der Waals surface area contributed by atoms with Crippen LogP contribution in [-0.2, 0) is 6.42 Å². The number of aryl methyl sites for hydroxylation is 1. The van der Waals surface area contributed by atoms with Crippen LogP contribution in [0.4, 0.5) is 8.78 Å². The number of thioether (sulfide) groups is 1. The fourth-order valence-corrected chi connectivity index (χ4v) is 3.47. The molecule has 1 aromatic carbocycles. The zero-order valence-corrected chi connectivity index (χ0v) is 16.4. The van der Waals surface area contributed by atoms with Gasteiger partial charge in [-0.2, -0.15) is 16.9 Å². The quantitative estimate of drug-likeness (QED) is 0.588. The van der Waals surface area contributed by atoms with E-state index in [9.17, 15) is 8.78 Å². The molecule has 2 aromatic heterocycles. The monoisotopic (exact) mass is 402 g/mol. The molecule has 1 saturated carbocycles. The maximum absolute atomic E-state index is 13.3. The smallest absolute Gasteiger partial charge is 0.255 e. The Morgan fingerprint density at radius 1 is 1.21 bits per heavy atom. The Labute approximate surface area is 166 Å². The van der Waals surface area contributed by atoms with Gasteiger partial charge >= 0.3 is 0 Å². The minimum absolute atomic E-state index is 0.0706. The van der Waals surface area contributed by atoms with Crippen molar-refractivity contribution in [3.8, 4) is 23.0 Å². The summed E-state index contributed by atoms with van der Waals surface area (Å²) in [6.07, 6.45) is 4.39. The van der Waals surface area contributed by atoms with Crippen LogP contribution >= 0.6 is 11.8 Å². The van der Waals surface area contributed by atoms with Crippen LogP contribution in [0.3, 0.4) is 0 Å². The number of halogens is 2. The van der Waals surface area contributed by atoms with Crippen molar-refractivity contribution in [2.45, 2.75) is 24.7 Å². The highest BCUT2D eigenvalue weighted by atomic mass is 32.2. The standard InChI is InChI=1S/C20H20F2N4OS/c1-27-18-8-7-15(12-23-18)26-19(24-17(25-26)9-10-28-2)14-5-3-13(4-6-14)16-11-20(16,21)22/h3-8,12,16H,9-11H2,1-2H3. The number of methoxy groups -OCH3 is 1. The predicted molar refractivity (Wildman–Crippen MR) is 106 cm³/mol. The molecule has 0 aliphatic heterocycles. The number of aromatic nitrogens is 4. The Kier molecular flexibility index (Phi) is 5.05. The Hall–Kier alpha value is -2.48. The first-order chi connectivity index (χ1) is 13.5. The molecule has 2 heterocycles. The number of hydrogen-bond acceptors (Lipinski definition) is 5. The molecule has 1 aliphatic rings. The third-order valence-corrected chi connectivity index (χ3v) is 5.36. The lowest BCUT2D eigenvalue weighted by Crippen LogP contribution is -2.01. The van der Waals surface area contributed by atoms with E-state index in [1.54, 1.807) is 47.9 Å². The van der Waals surface area contributed by atoms with Crippen molar-refractivity contribution in [1.82, 2.24) is 19.7 Å². The number of rotatable bonds is 7. The second-order valence-corrected chi connectivity index (χ2v) is 7.69. The molecule has 5 nitrogen and oxygen atoms in total. The van der Waals surface area contributed by atoms with Crippen LogP contribution in [0.5, 0.6) is 5.88 Å². The van der Waals surface area contributed by atoms with E-state index in [1.165, 1.54) is 0 Å². The first-order valence-electron chi connectivity index (χ1n) is 8.95. The lowest BCUT2D eigenvalue weighted by atomic mass is 10.1. The van der Waals surface area contributed by atoms with E-state index in [2.05, 4.69) is 15.1 Å². The van der Waals surface area contributed by atoms with E-state index in [0.29, 0.717) is 17.3 Å². The molecule has 4 rings (SSSR count). The molecule has 1 aliphatic carbocycles. The largest absolute Gasteiger partial charge is 0.481 e. The molecule has 28 heavy (non-hydrogen) atoms. The maximum atomic E-state index is 13.3. The Morgan fingerprint density at radius 3 is 2.54 bits per heavy atom. The van der Waals surface area contributed by atoms with Crippen molar-refractivity contribution >= 4 is 11.8 Å². The minimum Gasteiger partial charge on any atom is -0.481 e. The SMILES string of the molecule is COc1ccc(-n2nc(CCSC)nc2-c2ccc(C3CC3(F)F)cc2)cn1. The fraction of sp³-hybridized carbons (Fsp3) is 0.350. The van der Waals surface area contributed by atoms with Crippen molar-refractivity contribution in [3.63, 3.8) is 0 Å². The minimum atomic E-state index is -2.57. The van der Waals surface area contributed by atoms with Gasteiger partial charge in [0.2, 0.25) is 5.88 Å². The molecule has 0 saturated heterocycles. The van der Waals surface area contributed by atoms with Crippen molar-refractivity contribution in [1.29, 1.82) is 0 Å². The molecule has 1 atom stereocenters. The van der Waals surface area contributed by atoms with Gasteiger partial charge in [-0.25, -0.2) is 23.4 Å². The van der Waals surface area contributed by atoms with E-state index in [1.807, 2.05) is 24.5 Å². The Balaban J connectivity index is 1.69. The van der Waals surface area contributed by atoms with Crippen LogP contribution in [0.1, 0.15) is 23.7 Å². The lowest BCUT2D eigenvalue weighted by molar-refractivity contribution is 0.112. The molecule has 0 bridgehead atoms. The van der Waals surface area contributed by atoms with Gasteiger partial charge in [0.05, 0.1) is 24.9 Å². The molecule has 3 aromatic rings. The van der Waals surface area contributed by atoms with E-state index in [-0.39, 0.29) is 6.42 Å². The van der Waals surface area contributed by atoms with E-state index >= 15 is 0 Å². The van der Waals surface area contributed by atoms with Crippen LogP contribution in [-0.4, -0.2) is 44.8 Å². The summed E-state index contributed by atoms with van der Waals surface area (Å²) < 4.78 is 33.5. The van der Waals surface area contributed by atoms with Crippen LogP contribution < -0.4 is 4.74 Å². The number of ether oxygens (including phenoxy) is 1. The zero-order valence-electron chi connectivity index (χ0n) is 15.6. The second kappa shape index (κ2) is 7.50. The van der Waals surface area contributed by atoms with Gasteiger partial charge in [0.15, 0.2) is 11.6 Å². The van der Waals surface area contributed by atoms with Gasteiger partial charge in [0.1, 0.15) is 0 Å². The number of hydrogen-bond donors (Lipinski definition) is 0. The highest BCUT2D eigenvalue weighted by Gasteiger charge is 2.57. The average Bonchev–Trinajstić information content (AvgIpc) is 3.16. The molecule has 0 spiro atoms. The van der Waals surface area contributed by atoms with Gasteiger partial charge in [-0.1, -0.05) is 24.3 Å². The molecule has 0 amide bonds. The van der Waals surface area contributed by atoms with E-state index in [4.69, 9.17) is 4.74 Å². The third-order valence-electron chi connectivity index (χ3n) is 4.75. The molecule has 8 heteroatoms. The summed E-state index contributed by atoms with van der Waals surface area (Å²) in [5.41, 5.74) is 2.25. The van der Waals surface area contributed by atoms with E-state index < -0.39 is 11.8 Å². The second-order valence-electron chi connectivity index (χ2n) is 6.70. The summed E-state index contributed by atoms with van der Waals surface area (Å²) in [7, 11) is 1.56. The Morgan fingerprint density at radius 2 is 1.96 bits per heavy atom. The average molecular weight is 402 g/mol. The summed E-state index contributed by atoms with van der Waals surface area (Å²) >= 11 is 1.73. The van der Waals surface area contributed by atoms with Crippen LogP contribution in [0.15, 0.2) is 42.6 Å². The van der Waals surface area contributed by atoms with Gasteiger partial charge in [0.25, 0.3) is 5.92 Å². The zero-order chi connectivity index (χ0) is 19.7. The van der Waals surface area contributed by atoms with Crippen LogP contribution in [0.25, 0.3) is 17.1 Å². The summed E-state index contributed by atoms with van der Waals surface area (Å²) in [6.45, 7) is 0. The Bertz CT molecular complexity index is 957.